The number of hydrogen-bond donors (Lipinski definition) is 2. The Bertz CT molecular complexity index is 817. The van der Waals surface area contributed by atoms with Crippen LogP contribution in [0.3, 0.4) is 0 Å². The first-order chi connectivity index (χ1) is 11.7. The van der Waals surface area contributed by atoms with E-state index in [1.165, 1.54) is 9.79 Å². The maximum atomic E-state index is 11.1. The topological polar surface area (TPSA) is 55.1 Å². The summed E-state index contributed by atoms with van der Waals surface area (Å²) in [7, 11) is 0. The molecule has 0 aliphatic heterocycles. The first-order valence-electron chi connectivity index (χ1n) is 7.67. The number of nitrogens with two attached hydrogens (primary N) is 1. The smallest absolute Gasteiger partial charge is 0.248 e. The average molecular weight is 334 g/mol. The second kappa shape index (κ2) is 7.70. The molecule has 0 saturated heterocycles. The highest BCUT2D eigenvalue weighted by atomic mass is 32.2. The molecule has 0 aromatic heterocycles. The second-order valence-electron chi connectivity index (χ2n) is 5.33. The van der Waals surface area contributed by atoms with Crippen molar-refractivity contribution in [3.63, 3.8) is 0 Å². The van der Waals surface area contributed by atoms with E-state index in [1.54, 1.807) is 23.9 Å². The number of hydrogen-bond acceptors (Lipinski definition) is 3. The third-order valence-electron chi connectivity index (χ3n) is 3.58. The molecule has 0 spiro atoms. The van der Waals surface area contributed by atoms with Crippen molar-refractivity contribution in [1.82, 2.24) is 0 Å². The van der Waals surface area contributed by atoms with Gasteiger partial charge in [-0.15, -0.1) is 0 Å². The Kier molecular flexibility index (Phi) is 5.18. The monoisotopic (exact) mass is 334 g/mol. The first kappa shape index (κ1) is 16.1. The highest BCUT2D eigenvalue weighted by molar-refractivity contribution is 7.99. The number of amides is 1. The molecule has 3 aromatic rings. The van der Waals surface area contributed by atoms with Gasteiger partial charge in [0.05, 0.1) is 0 Å². The Morgan fingerprint density at radius 3 is 2.25 bits per heavy atom. The van der Waals surface area contributed by atoms with Gasteiger partial charge in [0, 0.05) is 27.6 Å². The van der Waals surface area contributed by atoms with Gasteiger partial charge in [0.1, 0.15) is 0 Å². The van der Waals surface area contributed by atoms with E-state index < -0.39 is 5.91 Å². The van der Waals surface area contributed by atoms with Gasteiger partial charge in [-0.3, -0.25) is 4.79 Å². The molecule has 0 bridgehead atoms. The number of anilines is 1. The zero-order valence-electron chi connectivity index (χ0n) is 13.1. The van der Waals surface area contributed by atoms with Gasteiger partial charge in [0.2, 0.25) is 5.91 Å². The zero-order chi connectivity index (χ0) is 16.8. The van der Waals surface area contributed by atoms with Gasteiger partial charge in [-0.25, -0.2) is 0 Å². The second-order valence-corrected chi connectivity index (χ2v) is 6.44. The van der Waals surface area contributed by atoms with Gasteiger partial charge in [-0.05, 0) is 42.0 Å². The summed E-state index contributed by atoms with van der Waals surface area (Å²) in [6.07, 6.45) is 0. The summed E-state index contributed by atoms with van der Waals surface area (Å²) in [4.78, 5) is 13.5. The predicted octanol–water partition coefficient (Wildman–Crippen LogP) is 4.55. The van der Waals surface area contributed by atoms with Crippen LogP contribution >= 0.6 is 11.8 Å². The van der Waals surface area contributed by atoms with Gasteiger partial charge < -0.3 is 11.1 Å². The first-order valence-corrected chi connectivity index (χ1v) is 8.48. The molecule has 120 valence electrons. The Morgan fingerprint density at radius 1 is 0.875 bits per heavy atom. The lowest BCUT2D eigenvalue weighted by Gasteiger charge is -2.12. The Morgan fingerprint density at radius 2 is 1.54 bits per heavy atom. The molecule has 0 atom stereocenters. The van der Waals surface area contributed by atoms with Crippen LogP contribution in [0.4, 0.5) is 5.69 Å². The van der Waals surface area contributed by atoms with E-state index in [4.69, 9.17) is 5.73 Å². The van der Waals surface area contributed by atoms with Gasteiger partial charge >= 0.3 is 0 Å². The fraction of sp³-hybridized carbons (Fsp3) is 0.0500. The highest BCUT2D eigenvalue weighted by Gasteiger charge is 2.04. The fourth-order valence-corrected chi connectivity index (χ4v) is 3.25. The Hall–Kier alpha value is -2.72. The van der Waals surface area contributed by atoms with E-state index in [0.29, 0.717) is 12.1 Å². The lowest BCUT2D eigenvalue weighted by atomic mass is 10.1. The highest BCUT2D eigenvalue weighted by Crippen LogP contribution is 2.33. The number of rotatable bonds is 6. The van der Waals surface area contributed by atoms with Crippen molar-refractivity contribution < 1.29 is 4.79 Å². The van der Waals surface area contributed by atoms with Crippen LogP contribution in [-0.4, -0.2) is 5.91 Å². The van der Waals surface area contributed by atoms with Crippen LogP contribution in [0.25, 0.3) is 0 Å². The summed E-state index contributed by atoms with van der Waals surface area (Å²) in [6, 6.07) is 25.9. The van der Waals surface area contributed by atoms with E-state index in [2.05, 4.69) is 29.6 Å². The maximum Gasteiger partial charge on any atom is 0.248 e. The SMILES string of the molecule is NC(=O)c1ccc(CNc2ccccc2Sc2ccccc2)cc1. The normalized spacial score (nSPS) is 10.3. The van der Waals surface area contributed by atoms with Gasteiger partial charge in [-0.1, -0.05) is 54.2 Å². The summed E-state index contributed by atoms with van der Waals surface area (Å²) >= 11 is 1.73. The lowest BCUT2D eigenvalue weighted by Crippen LogP contribution is -2.10. The van der Waals surface area contributed by atoms with Crippen LogP contribution in [0.5, 0.6) is 0 Å². The average Bonchev–Trinajstić information content (AvgIpc) is 2.62. The van der Waals surface area contributed by atoms with Crippen molar-refractivity contribution in [2.24, 2.45) is 5.73 Å². The molecule has 0 fully saturated rings. The van der Waals surface area contributed by atoms with Gasteiger partial charge in [-0.2, -0.15) is 0 Å². The molecule has 24 heavy (non-hydrogen) atoms. The van der Waals surface area contributed by atoms with Crippen molar-refractivity contribution in [2.75, 3.05) is 5.32 Å². The quantitative estimate of drug-likeness (QED) is 0.695. The van der Waals surface area contributed by atoms with Gasteiger partial charge in [0.25, 0.3) is 0 Å². The van der Waals surface area contributed by atoms with Crippen molar-refractivity contribution in [1.29, 1.82) is 0 Å². The molecule has 0 heterocycles. The number of para-hydroxylation sites is 1. The number of benzene rings is 3. The molecule has 0 unspecified atom stereocenters. The van der Waals surface area contributed by atoms with E-state index in [9.17, 15) is 4.79 Å². The van der Waals surface area contributed by atoms with Crippen molar-refractivity contribution in [3.8, 4) is 0 Å². The van der Waals surface area contributed by atoms with Crippen LogP contribution in [0.1, 0.15) is 15.9 Å². The molecule has 3 nitrogen and oxygen atoms in total. The predicted molar refractivity (Wildman–Crippen MR) is 99.3 cm³/mol. The largest absolute Gasteiger partial charge is 0.380 e. The molecule has 4 heteroatoms. The summed E-state index contributed by atoms with van der Waals surface area (Å²) in [5.41, 5.74) is 7.98. The van der Waals surface area contributed by atoms with E-state index in [-0.39, 0.29) is 0 Å². The van der Waals surface area contributed by atoms with E-state index in [1.807, 2.05) is 42.5 Å². The molecule has 1 amide bonds. The van der Waals surface area contributed by atoms with Crippen molar-refractivity contribution in [3.05, 3.63) is 90.0 Å². The van der Waals surface area contributed by atoms with E-state index in [0.717, 1.165) is 11.3 Å². The molecule has 0 aliphatic carbocycles. The van der Waals surface area contributed by atoms with Crippen LogP contribution in [-0.2, 0) is 6.54 Å². The summed E-state index contributed by atoms with van der Waals surface area (Å²) in [5, 5.41) is 3.46. The number of nitrogens with one attached hydrogen (secondary N) is 1. The van der Waals surface area contributed by atoms with Gasteiger partial charge in [0.15, 0.2) is 0 Å². The minimum Gasteiger partial charge on any atom is -0.380 e. The van der Waals surface area contributed by atoms with Crippen LogP contribution in [0, 0.1) is 0 Å². The third-order valence-corrected chi connectivity index (χ3v) is 4.66. The minimum atomic E-state index is -0.404. The minimum absolute atomic E-state index is 0.404. The fourth-order valence-electron chi connectivity index (χ4n) is 2.30. The van der Waals surface area contributed by atoms with Crippen LogP contribution in [0.2, 0.25) is 0 Å². The zero-order valence-corrected chi connectivity index (χ0v) is 13.9. The molecule has 3 aromatic carbocycles. The number of carbonyl (C=O) groups is 1. The van der Waals surface area contributed by atoms with Crippen LogP contribution < -0.4 is 11.1 Å². The summed E-state index contributed by atoms with van der Waals surface area (Å²) in [6.45, 7) is 0.686. The van der Waals surface area contributed by atoms with Crippen molar-refractivity contribution >= 4 is 23.4 Å². The molecule has 0 aliphatic rings. The Balaban J connectivity index is 1.70. The summed E-state index contributed by atoms with van der Waals surface area (Å²) in [5.74, 6) is -0.404. The lowest BCUT2D eigenvalue weighted by molar-refractivity contribution is 0.100. The third kappa shape index (κ3) is 4.18. The number of carbonyl (C=O) groups excluding carboxylic acids is 1. The van der Waals surface area contributed by atoms with Crippen LogP contribution in [0.15, 0.2) is 88.7 Å². The molecule has 3 N–H and O–H groups in total. The molecule has 3 rings (SSSR count). The van der Waals surface area contributed by atoms with E-state index >= 15 is 0 Å². The molecule has 0 saturated carbocycles. The molecule has 0 radical (unpaired) electrons. The molecular formula is C20H18N2OS. The molecular weight excluding hydrogens is 316 g/mol. The Labute approximate surface area is 145 Å². The summed E-state index contributed by atoms with van der Waals surface area (Å²) < 4.78 is 0. The van der Waals surface area contributed by atoms with Crippen molar-refractivity contribution in [2.45, 2.75) is 16.3 Å². The number of primary amides is 1. The maximum absolute atomic E-state index is 11.1. The standard InChI is InChI=1S/C20H18N2OS/c21-20(23)16-12-10-15(11-13-16)14-22-18-8-4-5-9-19(18)24-17-6-2-1-3-7-17/h1-13,22H,14H2,(H2,21,23).